The summed E-state index contributed by atoms with van der Waals surface area (Å²) >= 11 is 1.40. The number of carboxylic acid groups (broad SMARTS) is 1. The molecule has 0 saturated heterocycles. The van der Waals surface area contributed by atoms with E-state index in [4.69, 9.17) is 0 Å². The number of carbonyl (C=O) groups is 3. The van der Waals surface area contributed by atoms with Crippen molar-refractivity contribution in [2.75, 3.05) is 39.7 Å². The minimum Gasteiger partial charge on any atom is -0.550 e. The summed E-state index contributed by atoms with van der Waals surface area (Å²) in [6.45, 7) is -0.162. The van der Waals surface area contributed by atoms with Crippen molar-refractivity contribution in [3.63, 3.8) is 0 Å². The van der Waals surface area contributed by atoms with Crippen molar-refractivity contribution in [3.8, 4) is 0 Å². The predicted octanol–water partition coefficient (Wildman–Crippen LogP) is -1.54. The van der Waals surface area contributed by atoms with Crippen molar-refractivity contribution in [3.05, 3.63) is 0 Å². The maximum Gasteiger partial charge on any atom is 0.236 e. The first-order chi connectivity index (χ1) is 8.52. The Morgan fingerprint density at radius 1 is 1.26 bits per heavy atom. The molecule has 0 aliphatic rings. The van der Waals surface area contributed by atoms with E-state index in [9.17, 15) is 24.6 Å². The van der Waals surface area contributed by atoms with Crippen molar-refractivity contribution >= 4 is 29.3 Å². The van der Waals surface area contributed by atoms with Gasteiger partial charge < -0.3 is 19.5 Å². The number of aliphatic hydroxyl groups is 1. The molecule has 19 heavy (non-hydrogen) atoms. The van der Waals surface area contributed by atoms with Gasteiger partial charge in [0.1, 0.15) is 6.54 Å². The summed E-state index contributed by atoms with van der Waals surface area (Å²) in [5.74, 6) is -2.89. The summed E-state index contributed by atoms with van der Waals surface area (Å²) in [5, 5.41) is 20.9. The van der Waals surface area contributed by atoms with Crippen LogP contribution < -0.4 is 5.11 Å². The topological polar surface area (TPSA) is 94.5 Å². The quantitative estimate of drug-likeness (QED) is 0.408. The first kappa shape index (κ1) is 18.1. The Bertz CT molecular complexity index is 364. The third kappa shape index (κ3) is 6.70. The van der Waals surface area contributed by atoms with Crippen LogP contribution >= 0.6 is 11.8 Å². The summed E-state index contributed by atoms with van der Waals surface area (Å²) in [6.07, 6.45) is 0.913. The van der Waals surface area contributed by atoms with Gasteiger partial charge in [0.2, 0.25) is 11.6 Å². The average molecular weight is 291 g/mol. The molecule has 110 valence electrons. The van der Waals surface area contributed by atoms with Gasteiger partial charge in [-0.05, 0) is 6.26 Å². The number of aliphatic carboxylic acids is 1. The average Bonchev–Trinajstić information content (AvgIpc) is 2.20. The van der Waals surface area contributed by atoms with E-state index in [2.05, 4.69) is 0 Å². The van der Waals surface area contributed by atoms with Crippen LogP contribution in [0.3, 0.4) is 0 Å². The first-order valence-electron chi connectivity index (χ1n) is 5.81. The van der Waals surface area contributed by atoms with E-state index in [0.29, 0.717) is 5.75 Å². The van der Waals surface area contributed by atoms with Crippen molar-refractivity contribution in [1.82, 2.24) is 0 Å². The molecular formula is C12H21NO5S. The van der Waals surface area contributed by atoms with Crippen molar-refractivity contribution < 1.29 is 29.1 Å². The number of Topliss-reactive ketones (excluding diaryl/α,β-unsaturated/α-hetero) is 2. The van der Waals surface area contributed by atoms with Crippen molar-refractivity contribution in [2.24, 2.45) is 0 Å². The molecule has 0 rings (SSSR count). The maximum absolute atomic E-state index is 12.0. The van der Waals surface area contributed by atoms with Gasteiger partial charge in [0.05, 0.1) is 21.1 Å². The van der Waals surface area contributed by atoms with Gasteiger partial charge in [-0.3, -0.25) is 9.59 Å². The molecule has 0 aromatic heterocycles. The molecule has 1 atom stereocenters. The fraction of sp³-hybridized carbons (Fsp3) is 0.750. The summed E-state index contributed by atoms with van der Waals surface area (Å²) < 4.78 is 0.158. The second-order valence-electron chi connectivity index (χ2n) is 5.52. The van der Waals surface area contributed by atoms with E-state index < -0.39 is 29.6 Å². The molecule has 0 fully saturated rings. The fourth-order valence-corrected chi connectivity index (χ4v) is 2.19. The molecule has 0 saturated carbocycles. The van der Waals surface area contributed by atoms with Gasteiger partial charge in [0.15, 0.2) is 5.60 Å². The maximum atomic E-state index is 12.0. The number of likely N-dealkylation sites (N-methyl/N-ethyl adjacent to an activating group) is 1. The largest absolute Gasteiger partial charge is 0.550 e. The zero-order chi connectivity index (χ0) is 15.3. The van der Waals surface area contributed by atoms with Crippen LogP contribution in [0.5, 0.6) is 0 Å². The molecule has 1 N–H and O–H groups in total. The number of thioether (sulfide) groups is 1. The molecule has 6 nitrogen and oxygen atoms in total. The Hall–Kier alpha value is -0.920. The highest BCUT2D eigenvalue weighted by molar-refractivity contribution is 7.98. The minimum absolute atomic E-state index is 0.00744. The number of carbonyl (C=O) groups excluding carboxylic acids is 3. The summed E-state index contributed by atoms with van der Waals surface area (Å²) in [5.41, 5.74) is -2.20. The van der Waals surface area contributed by atoms with E-state index in [-0.39, 0.29) is 17.4 Å². The molecule has 0 spiro atoms. The van der Waals surface area contributed by atoms with Crippen molar-refractivity contribution in [2.45, 2.75) is 18.4 Å². The highest BCUT2D eigenvalue weighted by Gasteiger charge is 2.44. The molecule has 0 bridgehead atoms. The SMILES string of the molecule is CSCCC(=O)C(=O)C(O)(CC(=O)[O-])C[N+](C)(C)C. The smallest absolute Gasteiger partial charge is 0.236 e. The predicted molar refractivity (Wildman–Crippen MR) is 70.5 cm³/mol. The lowest BCUT2D eigenvalue weighted by Crippen LogP contribution is -2.57. The second kappa shape index (κ2) is 7.02. The van der Waals surface area contributed by atoms with E-state index in [1.165, 1.54) is 11.8 Å². The van der Waals surface area contributed by atoms with Gasteiger partial charge in [-0.2, -0.15) is 11.8 Å². The van der Waals surface area contributed by atoms with Gasteiger partial charge in [0, 0.05) is 24.6 Å². The zero-order valence-corrected chi connectivity index (χ0v) is 12.6. The van der Waals surface area contributed by atoms with Gasteiger partial charge in [-0.25, -0.2) is 0 Å². The van der Waals surface area contributed by atoms with Crippen LogP contribution in [0.15, 0.2) is 0 Å². The monoisotopic (exact) mass is 291 g/mol. The molecule has 0 aliphatic carbocycles. The minimum atomic E-state index is -2.20. The highest BCUT2D eigenvalue weighted by Crippen LogP contribution is 2.17. The fourth-order valence-electron chi connectivity index (χ4n) is 1.80. The highest BCUT2D eigenvalue weighted by atomic mass is 32.2. The Morgan fingerprint density at radius 2 is 1.79 bits per heavy atom. The Balaban J connectivity index is 5.07. The van der Waals surface area contributed by atoms with Crippen LogP contribution in [0.1, 0.15) is 12.8 Å². The molecule has 0 aromatic rings. The van der Waals surface area contributed by atoms with Crippen LogP contribution in [-0.4, -0.2) is 72.4 Å². The first-order valence-corrected chi connectivity index (χ1v) is 7.20. The normalized spacial score (nSPS) is 14.8. The van der Waals surface area contributed by atoms with E-state index in [1.54, 1.807) is 27.4 Å². The standard InChI is InChI=1S/C12H21NO5S/c1-13(2,3)8-12(18,7-10(15)16)11(17)9(14)5-6-19-4/h18H,5-8H2,1-4H3. The lowest BCUT2D eigenvalue weighted by molar-refractivity contribution is -0.875. The molecular weight excluding hydrogens is 270 g/mol. The Kier molecular flexibility index (Phi) is 6.68. The molecule has 1 unspecified atom stereocenters. The third-order valence-corrected chi connectivity index (χ3v) is 2.99. The lowest BCUT2D eigenvalue weighted by Gasteiger charge is -2.34. The van der Waals surface area contributed by atoms with Crippen molar-refractivity contribution in [1.29, 1.82) is 0 Å². The zero-order valence-electron chi connectivity index (χ0n) is 11.8. The van der Waals surface area contributed by atoms with E-state index in [0.717, 1.165) is 0 Å². The third-order valence-electron chi connectivity index (χ3n) is 2.38. The molecule has 7 heteroatoms. The summed E-state index contributed by atoms with van der Waals surface area (Å²) in [4.78, 5) is 34.3. The van der Waals surface area contributed by atoms with E-state index >= 15 is 0 Å². The van der Waals surface area contributed by atoms with Crippen LogP contribution in [0.4, 0.5) is 0 Å². The van der Waals surface area contributed by atoms with Gasteiger partial charge >= 0.3 is 0 Å². The number of hydrogen-bond donors (Lipinski definition) is 1. The molecule has 0 aromatic carbocycles. The number of carboxylic acids is 1. The molecule has 0 aliphatic heterocycles. The van der Waals surface area contributed by atoms with E-state index in [1.807, 2.05) is 0 Å². The van der Waals surface area contributed by atoms with Gasteiger partial charge in [0.25, 0.3) is 0 Å². The lowest BCUT2D eigenvalue weighted by atomic mass is 9.89. The van der Waals surface area contributed by atoms with Crippen LogP contribution in [0.25, 0.3) is 0 Å². The van der Waals surface area contributed by atoms with Gasteiger partial charge in [-0.15, -0.1) is 0 Å². The number of nitrogens with zero attached hydrogens (tertiary/aromatic N) is 1. The second-order valence-corrected chi connectivity index (χ2v) is 6.51. The number of ketones is 2. The van der Waals surface area contributed by atoms with Gasteiger partial charge in [-0.1, -0.05) is 0 Å². The Labute approximate surface area is 117 Å². The number of rotatable bonds is 9. The van der Waals surface area contributed by atoms with Crippen LogP contribution in [-0.2, 0) is 14.4 Å². The van der Waals surface area contributed by atoms with Crippen LogP contribution in [0.2, 0.25) is 0 Å². The van der Waals surface area contributed by atoms with Crippen LogP contribution in [0, 0.1) is 0 Å². The summed E-state index contributed by atoms with van der Waals surface area (Å²) in [7, 11) is 5.08. The Morgan fingerprint density at radius 3 is 2.16 bits per heavy atom. The number of quaternary nitrogens is 1. The summed E-state index contributed by atoms with van der Waals surface area (Å²) in [6, 6.07) is 0. The molecule has 0 amide bonds. The number of hydrogen-bond acceptors (Lipinski definition) is 6. The molecule has 0 heterocycles. The molecule has 0 radical (unpaired) electrons.